The van der Waals surface area contributed by atoms with Gasteiger partial charge in [-0.3, -0.25) is 0 Å². The van der Waals surface area contributed by atoms with Crippen LogP contribution in [0.1, 0.15) is 51.9 Å². The maximum Gasteiger partial charge on any atom is 0.0540 e. The molecular weight excluding hydrogens is 174 g/mol. The summed E-state index contributed by atoms with van der Waals surface area (Å²) in [7, 11) is 4.19. The number of aliphatic hydroxyl groups excluding tert-OH is 1. The van der Waals surface area contributed by atoms with E-state index < -0.39 is 0 Å². The zero-order valence-electron chi connectivity index (χ0n) is 10.1. The van der Waals surface area contributed by atoms with E-state index in [1.54, 1.807) is 0 Å². The molecule has 0 amide bonds. The van der Waals surface area contributed by atoms with Gasteiger partial charge in [0.15, 0.2) is 0 Å². The minimum absolute atomic E-state index is 0.0521. The van der Waals surface area contributed by atoms with Crippen LogP contribution in [0, 0.1) is 0 Å². The molecule has 0 rings (SSSR count). The van der Waals surface area contributed by atoms with Crippen LogP contribution >= 0.6 is 0 Å². The van der Waals surface area contributed by atoms with E-state index in [2.05, 4.69) is 25.9 Å². The van der Waals surface area contributed by atoms with Crippen LogP contribution in [0.3, 0.4) is 0 Å². The van der Waals surface area contributed by atoms with Crippen molar-refractivity contribution in [2.75, 3.05) is 20.6 Å². The molecule has 86 valence electrons. The monoisotopic (exact) mass is 201 g/mol. The summed E-state index contributed by atoms with van der Waals surface area (Å²) in [5, 5.41) is 9.63. The largest absolute Gasteiger partial charge is 0.393 e. The summed E-state index contributed by atoms with van der Waals surface area (Å²) in [5.41, 5.74) is 0. The van der Waals surface area contributed by atoms with Crippen LogP contribution in [-0.4, -0.2) is 36.8 Å². The summed E-state index contributed by atoms with van der Waals surface area (Å²) < 4.78 is 0. The quantitative estimate of drug-likeness (QED) is 0.580. The maximum atomic E-state index is 9.63. The van der Waals surface area contributed by atoms with Gasteiger partial charge < -0.3 is 10.0 Å². The van der Waals surface area contributed by atoms with Gasteiger partial charge in [-0.15, -0.1) is 0 Å². The van der Waals surface area contributed by atoms with E-state index >= 15 is 0 Å². The fourth-order valence-electron chi connectivity index (χ4n) is 1.58. The molecule has 0 aromatic heterocycles. The molecule has 0 saturated heterocycles. The van der Waals surface area contributed by atoms with Gasteiger partial charge in [0.25, 0.3) is 0 Å². The zero-order valence-corrected chi connectivity index (χ0v) is 10.1. The first-order valence-corrected chi connectivity index (χ1v) is 5.99. The second-order valence-corrected chi connectivity index (χ2v) is 4.45. The second kappa shape index (κ2) is 9.47. The van der Waals surface area contributed by atoms with Gasteiger partial charge in [0.1, 0.15) is 0 Å². The summed E-state index contributed by atoms with van der Waals surface area (Å²) in [5.74, 6) is 0. The number of aliphatic hydroxyl groups is 1. The third kappa shape index (κ3) is 10.0. The summed E-state index contributed by atoms with van der Waals surface area (Å²) >= 11 is 0. The highest BCUT2D eigenvalue weighted by Crippen LogP contribution is 2.09. The van der Waals surface area contributed by atoms with Gasteiger partial charge in [-0.1, -0.05) is 26.2 Å². The minimum atomic E-state index is -0.0521. The van der Waals surface area contributed by atoms with Gasteiger partial charge in [-0.2, -0.15) is 0 Å². The molecule has 14 heavy (non-hydrogen) atoms. The van der Waals surface area contributed by atoms with Gasteiger partial charge in [-0.05, 0) is 46.3 Å². The van der Waals surface area contributed by atoms with Gasteiger partial charge in [0, 0.05) is 0 Å². The number of hydrogen-bond donors (Lipinski definition) is 1. The minimum Gasteiger partial charge on any atom is -0.393 e. The third-order valence-electron chi connectivity index (χ3n) is 2.53. The van der Waals surface area contributed by atoms with Crippen LogP contribution in [0.5, 0.6) is 0 Å². The van der Waals surface area contributed by atoms with Crippen molar-refractivity contribution in [3.05, 3.63) is 0 Å². The molecule has 0 spiro atoms. The Kier molecular flexibility index (Phi) is 9.42. The van der Waals surface area contributed by atoms with E-state index in [1.165, 1.54) is 25.7 Å². The van der Waals surface area contributed by atoms with Crippen LogP contribution in [0.15, 0.2) is 0 Å². The Labute approximate surface area is 89.3 Å². The molecule has 0 heterocycles. The smallest absolute Gasteiger partial charge is 0.0540 e. The van der Waals surface area contributed by atoms with Crippen molar-refractivity contribution in [2.24, 2.45) is 0 Å². The molecule has 2 nitrogen and oxygen atoms in total. The predicted molar refractivity (Wildman–Crippen MR) is 62.6 cm³/mol. The first-order chi connectivity index (χ1) is 6.66. The topological polar surface area (TPSA) is 23.5 Å². The Morgan fingerprint density at radius 1 is 1.00 bits per heavy atom. The highest BCUT2D eigenvalue weighted by Gasteiger charge is 2.03. The Morgan fingerprint density at radius 3 is 2.07 bits per heavy atom. The van der Waals surface area contributed by atoms with Crippen molar-refractivity contribution < 1.29 is 5.11 Å². The van der Waals surface area contributed by atoms with Crippen molar-refractivity contribution >= 4 is 0 Å². The van der Waals surface area contributed by atoms with Crippen molar-refractivity contribution in [3.8, 4) is 0 Å². The number of nitrogens with zero attached hydrogens (tertiary/aromatic N) is 1. The molecule has 2 heteroatoms. The van der Waals surface area contributed by atoms with Crippen LogP contribution in [0.4, 0.5) is 0 Å². The lowest BCUT2D eigenvalue weighted by molar-refractivity contribution is 0.146. The summed E-state index contributed by atoms with van der Waals surface area (Å²) in [6, 6.07) is 0. The van der Waals surface area contributed by atoms with E-state index in [1.807, 2.05) is 0 Å². The average Bonchev–Trinajstić information content (AvgIpc) is 2.13. The highest BCUT2D eigenvalue weighted by atomic mass is 16.3. The second-order valence-electron chi connectivity index (χ2n) is 4.45. The van der Waals surface area contributed by atoms with Crippen molar-refractivity contribution in [2.45, 2.75) is 58.0 Å². The number of rotatable bonds is 9. The highest BCUT2D eigenvalue weighted by molar-refractivity contribution is 4.57. The summed E-state index contributed by atoms with van der Waals surface area (Å²) in [4.78, 5) is 2.20. The first-order valence-electron chi connectivity index (χ1n) is 5.99. The molecule has 0 aromatic carbocycles. The van der Waals surface area contributed by atoms with E-state index in [0.717, 1.165) is 25.8 Å². The van der Waals surface area contributed by atoms with Gasteiger partial charge in [-0.25, -0.2) is 0 Å². The number of hydrogen-bond acceptors (Lipinski definition) is 2. The average molecular weight is 201 g/mol. The van der Waals surface area contributed by atoms with Gasteiger partial charge >= 0.3 is 0 Å². The van der Waals surface area contributed by atoms with E-state index in [4.69, 9.17) is 0 Å². The molecule has 0 radical (unpaired) electrons. The summed E-state index contributed by atoms with van der Waals surface area (Å²) in [6.45, 7) is 3.34. The molecule has 0 aliphatic rings. The van der Waals surface area contributed by atoms with Crippen molar-refractivity contribution in [3.63, 3.8) is 0 Å². The fraction of sp³-hybridized carbons (Fsp3) is 1.00. The van der Waals surface area contributed by atoms with Crippen molar-refractivity contribution in [1.82, 2.24) is 4.90 Å². The lowest BCUT2D eigenvalue weighted by Gasteiger charge is -2.12. The van der Waals surface area contributed by atoms with E-state index in [0.29, 0.717) is 0 Å². The fourth-order valence-corrected chi connectivity index (χ4v) is 1.58. The molecule has 0 aliphatic heterocycles. The van der Waals surface area contributed by atoms with E-state index in [-0.39, 0.29) is 6.10 Å². The maximum absolute atomic E-state index is 9.63. The lowest BCUT2D eigenvalue weighted by Crippen LogP contribution is -2.14. The standard InChI is InChI=1S/C12H27NO/c1-4-5-6-9-12(14)10-7-8-11-13(2)3/h12,14H,4-11H2,1-3H3/t12-/m1/s1. The first kappa shape index (κ1) is 13.9. The molecule has 1 N–H and O–H groups in total. The normalized spacial score (nSPS) is 13.5. The summed E-state index contributed by atoms with van der Waals surface area (Å²) in [6.07, 6.45) is 7.98. The van der Waals surface area contributed by atoms with Gasteiger partial charge in [0.05, 0.1) is 6.10 Å². The molecule has 0 fully saturated rings. The number of unbranched alkanes of at least 4 members (excludes halogenated alkanes) is 3. The van der Waals surface area contributed by atoms with Crippen LogP contribution in [-0.2, 0) is 0 Å². The third-order valence-corrected chi connectivity index (χ3v) is 2.53. The predicted octanol–water partition coefficient (Wildman–Crippen LogP) is 2.66. The SMILES string of the molecule is CCCCC[C@@H](O)CCCCN(C)C. The molecule has 0 unspecified atom stereocenters. The van der Waals surface area contributed by atoms with Crippen LogP contribution < -0.4 is 0 Å². The Bertz CT molecular complexity index is 115. The Hall–Kier alpha value is -0.0800. The van der Waals surface area contributed by atoms with Crippen molar-refractivity contribution in [1.29, 1.82) is 0 Å². The molecule has 1 atom stereocenters. The Balaban J connectivity index is 3.14. The van der Waals surface area contributed by atoms with Crippen LogP contribution in [0.2, 0.25) is 0 Å². The molecule has 0 bridgehead atoms. The molecule has 0 aliphatic carbocycles. The molecule has 0 aromatic rings. The van der Waals surface area contributed by atoms with E-state index in [9.17, 15) is 5.11 Å². The molecule has 0 saturated carbocycles. The lowest BCUT2D eigenvalue weighted by atomic mass is 10.1. The van der Waals surface area contributed by atoms with Gasteiger partial charge in [0.2, 0.25) is 0 Å². The molecular formula is C12H27NO. The Morgan fingerprint density at radius 2 is 1.57 bits per heavy atom. The van der Waals surface area contributed by atoms with Crippen LogP contribution in [0.25, 0.3) is 0 Å². The zero-order chi connectivity index (χ0) is 10.8.